The zero-order valence-electron chi connectivity index (χ0n) is 15.9. The van der Waals surface area contributed by atoms with E-state index in [1.165, 1.54) is 5.56 Å². The van der Waals surface area contributed by atoms with Gasteiger partial charge in [-0.15, -0.1) is 0 Å². The Balaban J connectivity index is 1.60. The molecule has 0 atom stereocenters. The van der Waals surface area contributed by atoms with Crippen LogP contribution in [0.15, 0.2) is 60.8 Å². The van der Waals surface area contributed by atoms with Gasteiger partial charge in [-0.25, -0.2) is 4.98 Å². The summed E-state index contributed by atoms with van der Waals surface area (Å²) < 4.78 is 5.38. The number of hydrogen-bond acceptors (Lipinski definition) is 5. The lowest BCUT2D eigenvalue weighted by molar-refractivity contribution is -0.116. The summed E-state index contributed by atoms with van der Waals surface area (Å²) in [6.07, 6.45) is 2.62. The maximum Gasteiger partial charge on any atom is 0.223 e. The second-order valence-electron chi connectivity index (χ2n) is 6.61. The maximum atomic E-state index is 12.0. The van der Waals surface area contributed by atoms with Gasteiger partial charge >= 0.3 is 0 Å². The van der Waals surface area contributed by atoms with Crippen molar-refractivity contribution in [2.24, 2.45) is 0 Å². The number of carbonyl (C=O) groups is 1. The average Bonchev–Trinajstić information content (AvgIpc) is 3.14. The van der Waals surface area contributed by atoms with Crippen LogP contribution in [0.5, 0.6) is 5.75 Å². The van der Waals surface area contributed by atoms with Crippen molar-refractivity contribution in [1.29, 1.82) is 0 Å². The third-order valence-electron chi connectivity index (χ3n) is 4.78. The second kappa shape index (κ2) is 7.60. The van der Waals surface area contributed by atoms with Gasteiger partial charge < -0.3 is 20.3 Å². The molecule has 3 aromatic rings. The van der Waals surface area contributed by atoms with Crippen molar-refractivity contribution in [3.05, 3.63) is 66.4 Å². The second-order valence-corrected chi connectivity index (χ2v) is 6.61. The van der Waals surface area contributed by atoms with E-state index in [1.807, 2.05) is 53.4 Å². The van der Waals surface area contributed by atoms with Gasteiger partial charge in [-0.2, -0.15) is 0 Å². The molecular weight excluding hydrogens is 352 g/mol. The Hall–Kier alpha value is -3.54. The van der Waals surface area contributed by atoms with Gasteiger partial charge in [-0.1, -0.05) is 24.3 Å². The fraction of sp³-hybridized carbons (Fsp3) is 0.182. The molecule has 4 rings (SSSR count). The normalized spacial score (nSPS) is 12.4. The fourth-order valence-corrected chi connectivity index (χ4v) is 3.49. The van der Waals surface area contributed by atoms with E-state index in [2.05, 4.69) is 21.7 Å². The minimum Gasteiger partial charge on any atom is -0.495 e. The number of fused-ring (bicyclic) bond motifs is 1. The van der Waals surface area contributed by atoms with E-state index in [4.69, 9.17) is 4.74 Å². The quantitative estimate of drug-likeness (QED) is 0.689. The molecule has 142 valence electrons. The largest absolute Gasteiger partial charge is 0.495 e. The van der Waals surface area contributed by atoms with Crippen molar-refractivity contribution in [3.8, 4) is 5.75 Å². The summed E-state index contributed by atoms with van der Waals surface area (Å²) in [4.78, 5) is 18.2. The molecule has 1 aliphatic rings. The van der Waals surface area contributed by atoms with Gasteiger partial charge in [0.1, 0.15) is 11.6 Å². The van der Waals surface area contributed by atoms with Crippen LogP contribution in [0.3, 0.4) is 0 Å². The Labute approximate surface area is 164 Å². The van der Waals surface area contributed by atoms with Gasteiger partial charge in [0.2, 0.25) is 5.91 Å². The lowest BCUT2D eigenvalue weighted by Gasteiger charge is -2.20. The van der Waals surface area contributed by atoms with Gasteiger partial charge in [-0.3, -0.25) is 4.79 Å². The summed E-state index contributed by atoms with van der Waals surface area (Å²) in [7, 11) is 1.64. The number of rotatable bonds is 5. The van der Waals surface area contributed by atoms with E-state index in [-0.39, 0.29) is 5.91 Å². The Morgan fingerprint density at radius 1 is 1.07 bits per heavy atom. The van der Waals surface area contributed by atoms with Crippen molar-refractivity contribution in [1.82, 2.24) is 4.98 Å². The zero-order chi connectivity index (χ0) is 19.5. The zero-order valence-corrected chi connectivity index (χ0v) is 15.9. The number of hydrogen-bond donors (Lipinski definition) is 2. The van der Waals surface area contributed by atoms with Crippen LogP contribution in [0.1, 0.15) is 12.5 Å². The SMILES string of the molecule is COc1ccccc1Nc1cc(Nc2cccc3c2N(C(C)=O)CC3)ccn1. The molecule has 1 aromatic heterocycles. The van der Waals surface area contributed by atoms with E-state index in [0.29, 0.717) is 5.82 Å². The topological polar surface area (TPSA) is 66.5 Å². The van der Waals surface area contributed by atoms with Crippen molar-refractivity contribution in [2.45, 2.75) is 13.3 Å². The molecule has 2 aromatic carbocycles. The number of amides is 1. The first-order chi connectivity index (χ1) is 13.7. The molecule has 2 N–H and O–H groups in total. The number of methoxy groups -OCH3 is 1. The summed E-state index contributed by atoms with van der Waals surface area (Å²) in [5, 5.41) is 6.73. The predicted octanol–water partition coefficient (Wildman–Crippen LogP) is 4.49. The molecule has 1 amide bonds. The molecule has 0 radical (unpaired) electrons. The highest BCUT2D eigenvalue weighted by molar-refractivity contribution is 5.98. The number of para-hydroxylation sites is 3. The molecule has 6 nitrogen and oxygen atoms in total. The Morgan fingerprint density at radius 2 is 1.89 bits per heavy atom. The molecule has 2 heterocycles. The first-order valence-electron chi connectivity index (χ1n) is 9.19. The van der Waals surface area contributed by atoms with E-state index >= 15 is 0 Å². The molecule has 0 spiro atoms. The molecule has 6 heteroatoms. The van der Waals surface area contributed by atoms with Gasteiger partial charge in [-0.05, 0) is 36.2 Å². The smallest absolute Gasteiger partial charge is 0.223 e. The average molecular weight is 374 g/mol. The van der Waals surface area contributed by atoms with Crippen LogP contribution >= 0.6 is 0 Å². The summed E-state index contributed by atoms with van der Waals surface area (Å²) in [6.45, 7) is 2.33. The van der Waals surface area contributed by atoms with E-state index in [0.717, 1.165) is 41.5 Å². The third kappa shape index (κ3) is 3.49. The van der Waals surface area contributed by atoms with Crippen LogP contribution in [0.4, 0.5) is 28.6 Å². The van der Waals surface area contributed by atoms with Crippen LogP contribution in [-0.2, 0) is 11.2 Å². The molecule has 1 aliphatic heterocycles. The number of anilines is 5. The van der Waals surface area contributed by atoms with Crippen molar-refractivity contribution < 1.29 is 9.53 Å². The van der Waals surface area contributed by atoms with E-state index in [9.17, 15) is 4.79 Å². The highest BCUT2D eigenvalue weighted by Gasteiger charge is 2.25. The van der Waals surface area contributed by atoms with Gasteiger partial charge in [0.05, 0.1) is 24.2 Å². The highest BCUT2D eigenvalue weighted by atomic mass is 16.5. The van der Waals surface area contributed by atoms with Crippen LogP contribution in [-0.4, -0.2) is 24.5 Å². The standard InChI is InChI=1S/C22H22N4O2/c1-15(27)26-13-11-16-6-5-8-19(22(16)26)24-17-10-12-23-21(14-17)25-18-7-3-4-9-20(18)28-2/h3-10,12,14H,11,13H2,1-2H3,(H2,23,24,25). The predicted molar refractivity (Wildman–Crippen MR) is 112 cm³/mol. The molecule has 0 aliphatic carbocycles. The molecule has 0 unspecified atom stereocenters. The third-order valence-corrected chi connectivity index (χ3v) is 4.78. The highest BCUT2D eigenvalue weighted by Crippen LogP contribution is 2.37. The fourth-order valence-electron chi connectivity index (χ4n) is 3.49. The minimum absolute atomic E-state index is 0.0567. The first-order valence-corrected chi connectivity index (χ1v) is 9.19. The van der Waals surface area contributed by atoms with Gasteiger partial charge in [0.25, 0.3) is 0 Å². The monoisotopic (exact) mass is 374 g/mol. The number of benzene rings is 2. The molecule has 28 heavy (non-hydrogen) atoms. The Bertz CT molecular complexity index is 1020. The lowest BCUT2D eigenvalue weighted by atomic mass is 10.1. The Morgan fingerprint density at radius 3 is 2.71 bits per heavy atom. The van der Waals surface area contributed by atoms with Crippen LogP contribution < -0.4 is 20.3 Å². The number of pyridine rings is 1. The molecule has 0 saturated heterocycles. The number of nitrogens with zero attached hydrogens (tertiary/aromatic N) is 2. The van der Waals surface area contributed by atoms with Crippen molar-refractivity contribution in [2.75, 3.05) is 29.2 Å². The number of nitrogens with one attached hydrogen (secondary N) is 2. The first kappa shape index (κ1) is 17.9. The van der Waals surface area contributed by atoms with Crippen LogP contribution in [0, 0.1) is 0 Å². The summed E-state index contributed by atoms with van der Waals surface area (Å²) >= 11 is 0. The van der Waals surface area contributed by atoms with E-state index < -0.39 is 0 Å². The van der Waals surface area contributed by atoms with Crippen LogP contribution in [0.2, 0.25) is 0 Å². The number of carbonyl (C=O) groups excluding carboxylic acids is 1. The minimum atomic E-state index is 0.0567. The van der Waals surface area contributed by atoms with Gasteiger partial charge in [0.15, 0.2) is 0 Å². The van der Waals surface area contributed by atoms with Crippen LogP contribution in [0.25, 0.3) is 0 Å². The molecule has 0 fully saturated rings. The summed E-state index contributed by atoms with van der Waals surface area (Å²) in [5.41, 5.74) is 4.79. The lowest BCUT2D eigenvalue weighted by Crippen LogP contribution is -2.26. The molecular formula is C22H22N4O2. The van der Waals surface area contributed by atoms with Gasteiger partial charge in [0, 0.05) is 31.4 Å². The maximum absolute atomic E-state index is 12.0. The summed E-state index contributed by atoms with van der Waals surface area (Å²) in [6, 6.07) is 17.6. The van der Waals surface area contributed by atoms with Crippen molar-refractivity contribution >= 4 is 34.5 Å². The molecule has 0 saturated carbocycles. The Kier molecular flexibility index (Phi) is 4.85. The summed E-state index contributed by atoms with van der Waals surface area (Å²) in [5.74, 6) is 1.51. The van der Waals surface area contributed by atoms with E-state index in [1.54, 1.807) is 20.2 Å². The number of aromatic nitrogens is 1. The van der Waals surface area contributed by atoms with Crippen molar-refractivity contribution in [3.63, 3.8) is 0 Å². The number of ether oxygens (including phenoxy) is 1. The molecule has 0 bridgehead atoms.